The van der Waals surface area contributed by atoms with Gasteiger partial charge < -0.3 is 4.52 Å². The molecule has 0 amide bonds. The Hall–Kier alpha value is -2.09. The fraction of sp³-hybridized carbons (Fsp3) is 0.167. The van der Waals surface area contributed by atoms with Crippen molar-refractivity contribution in [3.8, 4) is 22.4 Å². The average molecular weight is 374 g/mol. The largest absolute Gasteiger partial charge is 0.349 e. The standard InChI is InChI=1S/C18H18N2O3S2/c1-2-12-24-18-16(14-10-6-7-11-15(14)25(19,21)22)17(20-23-18)13-8-4-3-5-9-13/h3-11H,2,12H2,1H3,(H2,19,21,22). The Morgan fingerprint density at radius 1 is 1.08 bits per heavy atom. The van der Waals surface area contributed by atoms with E-state index in [0.717, 1.165) is 17.7 Å². The van der Waals surface area contributed by atoms with Crippen molar-refractivity contribution in [2.45, 2.75) is 23.3 Å². The number of aromatic nitrogens is 1. The van der Waals surface area contributed by atoms with Gasteiger partial charge in [-0.15, -0.1) is 0 Å². The van der Waals surface area contributed by atoms with Gasteiger partial charge in [0.25, 0.3) is 0 Å². The van der Waals surface area contributed by atoms with E-state index >= 15 is 0 Å². The summed E-state index contributed by atoms with van der Waals surface area (Å²) in [6.07, 6.45) is 0.961. The number of hydrogen-bond acceptors (Lipinski definition) is 5. The van der Waals surface area contributed by atoms with Gasteiger partial charge in [0.15, 0.2) is 0 Å². The van der Waals surface area contributed by atoms with Gasteiger partial charge in [-0.05, 0) is 12.5 Å². The van der Waals surface area contributed by atoms with Gasteiger partial charge in [-0.3, -0.25) is 0 Å². The molecule has 0 saturated heterocycles. The lowest BCUT2D eigenvalue weighted by Crippen LogP contribution is -2.13. The lowest BCUT2D eigenvalue weighted by Gasteiger charge is -2.09. The van der Waals surface area contributed by atoms with Gasteiger partial charge in [0, 0.05) is 16.9 Å². The van der Waals surface area contributed by atoms with Crippen molar-refractivity contribution in [2.75, 3.05) is 5.75 Å². The highest BCUT2D eigenvalue weighted by Gasteiger charge is 2.24. The Morgan fingerprint density at radius 3 is 2.44 bits per heavy atom. The summed E-state index contributed by atoms with van der Waals surface area (Å²) in [6.45, 7) is 2.07. The normalized spacial score (nSPS) is 11.6. The van der Waals surface area contributed by atoms with Crippen LogP contribution in [0.15, 0.2) is 69.1 Å². The van der Waals surface area contributed by atoms with Crippen LogP contribution in [0.2, 0.25) is 0 Å². The van der Waals surface area contributed by atoms with E-state index in [2.05, 4.69) is 12.1 Å². The monoisotopic (exact) mass is 374 g/mol. The maximum atomic E-state index is 12.0. The van der Waals surface area contributed by atoms with Crippen molar-refractivity contribution in [3.63, 3.8) is 0 Å². The van der Waals surface area contributed by atoms with Crippen molar-refractivity contribution in [1.29, 1.82) is 0 Å². The number of nitrogens with two attached hydrogens (primary N) is 1. The molecule has 1 aromatic heterocycles. The quantitative estimate of drug-likeness (QED) is 0.655. The molecule has 5 nitrogen and oxygen atoms in total. The minimum Gasteiger partial charge on any atom is -0.349 e. The first-order chi connectivity index (χ1) is 12.0. The number of rotatable bonds is 6. The molecule has 0 saturated carbocycles. The third-order valence-corrected chi connectivity index (χ3v) is 5.73. The van der Waals surface area contributed by atoms with Crippen LogP contribution in [0, 0.1) is 0 Å². The van der Waals surface area contributed by atoms with E-state index in [4.69, 9.17) is 9.66 Å². The lowest BCUT2D eigenvalue weighted by atomic mass is 10.0. The topological polar surface area (TPSA) is 86.2 Å². The van der Waals surface area contributed by atoms with E-state index in [-0.39, 0.29) is 4.90 Å². The fourth-order valence-corrected chi connectivity index (χ4v) is 4.10. The Labute approximate surface area is 151 Å². The summed E-state index contributed by atoms with van der Waals surface area (Å²) >= 11 is 1.51. The molecule has 25 heavy (non-hydrogen) atoms. The number of nitrogens with zero attached hydrogens (tertiary/aromatic N) is 1. The van der Waals surface area contributed by atoms with Crippen molar-refractivity contribution < 1.29 is 12.9 Å². The van der Waals surface area contributed by atoms with E-state index in [1.807, 2.05) is 30.3 Å². The molecule has 0 unspecified atom stereocenters. The second-order valence-electron chi connectivity index (χ2n) is 5.45. The van der Waals surface area contributed by atoms with E-state index in [1.165, 1.54) is 17.8 Å². The maximum absolute atomic E-state index is 12.0. The van der Waals surface area contributed by atoms with Crippen LogP contribution >= 0.6 is 11.8 Å². The highest BCUT2D eigenvalue weighted by atomic mass is 32.2. The molecular formula is C18H18N2O3S2. The third-order valence-electron chi connectivity index (χ3n) is 3.61. The van der Waals surface area contributed by atoms with Gasteiger partial charge in [0.2, 0.25) is 15.1 Å². The lowest BCUT2D eigenvalue weighted by molar-refractivity contribution is 0.352. The molecule has 0 spiro atoms. The van der Waals surface area contributed by atoms with E-state index in [0.29, 0.717) is 21.9 Å². The molecule has 130 valence electrons. The molecule has 0 aliphatic rings. The second kappa shape index (κ2) is 7.43. The van der Waals surface area contributed by atoms with Gasteiger partial charge in [0.1, 0.15) is 5.69 Å². The van der Waals surface area contributed by atoms with E-state index < -0.39 is 10.0 Å². The molecule has 7 heteroatoms. The second-order valence-corrected chi connectivity index (χ2v) is 8.05. The number of benzene rings is 2. The Balaban J connectivity index is 2.26. The first-order valence-corrected chi connectivity index (χ1v) is 10.4. The summed E-state index contributed by atoms with van der Waals surface area (Å²) in [6, 6.07) is 16.2. The predicted octanol–water partition coefficient (Wildman–Crippen LogP) is 4.16. The Bertz CT molecular complexity index is 967. The first-order valence-electron chi connectivity index (χ1n) is 7.82. The number of sulfonamides is 1. The van der Waals surface area contributed by atoms with Crippen LogP contribution in [0.3, 0.4) is 0 Å². The van der Waals surface area contributed by atoms with Crippen molar-refractivity contribution in [3.05, 3.63) is 54.6 Å². The number of hydrogen-bond donors (Lipinski definition) is 1. The fourth-order valence-electron chi connectivity index (χ4n) is 2.52. The Morgan fingerprint density at radius 2 is 1.76 bits per heavy atom. The molecule has 2 aromatic carbocycles. The van der Waals surface area contributed by atoms with Gasteiger partial charge in [-0.25, -0.2) is 13.6 Å². The van der Waals surface area contributed by atoms with E-state index in [1.54, 1.807) is 18.2 Å². The molecule has 3 rings (SSSR count). The van der Waals surface area contributed by atoms with Crippen LogP contribution < -0.4 is 5.14 Å². The average Bonchev–Trinajstić information content (AvgIpc) is 3.03. The number of thioether (sulfide) groups is 1. The smallest absolute Gasteiger partial charge is 0.238 e. The third kappa shape index (κ3) is 3.78. The van der Waals surface area contributed by atoms with Gasteiger partial charge >= 0.3 is 0 Å². The molecule has 0 aliphatic carbocycles. The van der Waals surface area contributed by atoms with Crippen LogP contribution in [-0.2, 0) is 10.0 Å². The summed E-state index contributed by atoms with van der Waals surface area (Å²) in [5.74, 6) is 0.841. The SMILES string of the molecule is CCCSc1onc(-c2ccccc2)c1-c1ccccc1S(N)(=O)=O. The highest BCUT2D eigenvalue weighted by molar-refractivity contribution is 7.99. The van der Waals surface area contributed by atoms with E-state index in [9.17, 15) is 8.42 Å². The zero-order valence-corrected chi connectivity index (χ0v) is 15.3. The summed E-state index contributed by atoms with van der Waals surface area (Å²) < 4.78 is 29.6. The molecule has 3 aromatic rings. The minimum absolute atomic E-state index is 0.0636. The van der Waals surface area contributed by atoms with Gasteiger partial charge in [0.05, 0.1) is 10.5 Å². The van der Waals surface area contributed by atoms with Crippen molar-refractivity contribution in [2.24, 2.45) is 5.14 Å². The highest BCUT2D eigenvalue weighted by Crippen LogP contribution is 2.41. The minimum atomic E-state index is -3.87. The molecule has 0 radical (unpaired) electrons. The summed E-state index contributed by atoms with van der Waals surface area (Å²) in [7, 11) is -3.87. The first kappa shape index (κ1) is 17.7. The molecule has 0 aliphatic heterocycles. The molecule has 0 fully saturated rings. The van der Waals surface area contributed by atoms with Crippen molar-refractivity contribution >= 4 is 21.8 Å². The predicted molar refractivity (Wildman–Crippen MR) is 99.8 cm³/mol. The van der Waals surface area contributed by atoms with Crippen molar-refractivity contribution in [1.82, 2.24) is 5.16 Å². The molecule has 0 bridgehead atoms. The summed E-state index contributed by atoms with van der Waals surface area (Å²) in [4.78, 5) is 0.0636. The van der Waals surface area contributed by atoms with Crippen LogP contribution in [0.25, 0.3) is 22.4 Å². The van der Waals surface area contributed by atoms with Gasteiger partial charge in [-0.1, -0.05) is 72.4 Å². The van der Waals surface area contributed by atoms with Crippen LogP contribution in [0.1, 0.15) is 13.3 Å². The molecule has 0 atom stereocenters. The van der Waals surface area contributed by atoms with Crippen LogP contribution in [0.5, 0.6) is 0 Å². The maximum Gasteiger partial charge on any atom is 0.238 e. The summed E-state index contributed by atoms with van der Waals surface area (Å²) in [5, 5.41) is 10.2. The number of primary sulfonamides is 1. The molecular weight excluding hydrogens is 356 g/mol. The molecule has 2 N–H and O–H groups in total. The van der Waals surface area contributed by atoms with Crippen LogP contribution in [0.4, 0.5) is 0 Å². The van der Waals surface area contributed by atoms with Gasteiger partial charge in [-0.2, -0.15) is 0 Å². The summed E-state index contributed by atoms with van der Waals surface area (Å²) in [5.41, 5.74) is 2.63. The Kier molecular flexibility index (Phi) is 5.27. The zero-order chi connectivity index (χ0) is 17.9. The zero-order valence-electron chi connectivity index (χ0n) is 13.7. The molecule has 1 heterocycles. The van der Waals surface area contributed by atoms with Crippen LogP contribution in [-0.4, -0.2) is 19.3 Å².